The van der Waals surface area contributed by atoms with Crippen LogP contribution >= 0.6 is 0 Å². The van der Waals surface area contributed by atoms with Crippen molar-refractivity contribution in [1.29, 1.82) is 0 Å². The lowest BCUT2D eigenvalue weighted by Gasteiger charge is -2.10. The molecule has 0 spiro atoms. The first kappa shape index (κ1) is 48.0. The predicted molar refractivity (Wildman–Crippen MR) is 283 cm³/mol. The Balaban J connectivity index is 0.000000140. The number of pyridine rings is 6. The molecular formula is C63H67N6+3. The fraction of sp³-hybridized carbons (Fsp3) is 0.238. The Morgan fingerprint density at radius 3 is 1.30 bits per heavy atom. The number of hydrogen-bond acceptors (Lipinski definition) is 3. The minimum atomic E-state index is 0.618. The van der Waals surface area contributed by atoms with Crippen molar-refractivity contribution >= 4 is 0 Å². The Morgan fingerprint density at radius 2 is 0.870 bits per heavy atom. The van der Waals surface area contributed by atoms with Gasteiger partial charge in [0.15, 0.2) is 18.6 Å². The lowest BCUT2D eigenvalue weighted by molar-refractivity contribution is -0.660. The molecule has 1 fully saturated rings. The second-order valence-electron chi connectivity index (χ2n) is 18.9. The molecule has 1 aliphatic carbocycles. The smallest absolute Gasteiger partial charge is 0.212 e. The monoisotopic (exact) mass is 908 g/mol. The van der Waals surface area contributed by atoms with Gasteiger partial charge in [-0.25, -0.2) is 13.7 Å². The number of aryl methyl sites for hydroxylation is 6. The van der Waals surface area contributed by atoms with E-state index >= 15 is 0 Å². The lowest BCUT2D eigenvalue weighted by atomic mass is 10.0. The minimum Gasteiger partial charge on any atom is -0.256 e. The maximum Gasteiger partial charge on any atom is 0.212 e. The summed E-state index contributed by atoms with van der Waals surface area (Å²) in [6.45, 7) is 10.9. The number of hydrogen-bond donors (Lipinski definition) is 0. The summed E-state index contributed by atoms with van der Waals surface area (Å²) in [6, 6.07) is 57.3. The first-order valence-electron chi connectivity index (χ1n) is 24.5. The van der Waals surface area contributed by atoms with Crippen LogP contribution in [0.5, 0.6) is 0 Å². The van der Waals surface area contributed by atoms with Gasteiger partial charge in [0, 0.05) is 58.4 Å². The van der Waals surface area contributed by atoms with Gasteiger partial charge in [0.1, 0.15) is 21.1 Å². The molecule has 0 N–H and O–H groups in total. The standard InChI is InChI=1S/C23H25N2.C22H25N2.C18H17N2/c1-17-8-3-6-11-20(17)23-15-14-19(16-25(23)2)22-13-7-12-21(24-22)18-9-4-5-10-18;1-16(2)14-19-9-7-11-21(23-19)18-12-13-22(24(4)15-18)20-10-6-5-8-17(20)3;1-14-7-3-4-8-16(14)18-11-10-15(13-20(18)2)17-9-5-6-12-19-17/h3,6-8,11-16,18H,4-5,9-10H2,1-2H3;5-13,15-16H,14H2,1-4H3;3-13H,1-2H3/q3*+1. The van der Waals surface area contributed by atoms with E-state index < -0.39 is 0 Å². The number of benzene rings is 3. The van der Waals surface area contributed by atoms with Gasteiger partial charge >= 0.3 is 0 Å². The summed E-state index contributed by atoms with van der Waals surface area (Å²) in [5, 5.41) is 0. The average Bonchev–Trinajstić information content (AvgIpc) is 3.91. The Kier molecular flexibility index (Phi) is 15.7. The Hall–Kier alpha value is -7.44. The maximum absolute atomic E-state index is 4.97. The first-order valence-corrected chi connectivity index (χ1v) is 24.5. The molecule has 0 amide bonds. The third kappa shape index (κ3) is 12.0. The normalized spacial score (nSPS) is 12.2. The van der Waals surface area contributed by atoms with Crippen molar-refractivity contribution in [3.8, 4) is 67.5 Å². The number of rotatable bonds is 9. The second kappa shape index (κ2) is 22.6. The van der Waals surface area contributed by atoms with Crippen molar-refractivity contribution in [3.63, 3.8) is 0 Å². The molecule has 6 aromatic heterocycles. The molecule has 0 aliphatic heterocycles. The third-order valence-corrected chi connectivity index (χ3v) is 13.2. The van der Waals surface area contributed by atoms with Crippen LogP contribution in [0, 0.1) is 26.7 Å². The van der Waals surface area contributed by atoms with E-state index in [-0.39, 0.29) is 0 Å². The topological polar surface area (TPSA) is 50.3 Å². The van der Waals surface area contributed by atoms with Crippen molar-refractivity contribution in [2.75, 3.05) is 0 Å². The molecule has 6 heterocycles. The summed E-state index contributed by atoms with van der Waals surface area (Å²) in [5.74, 6) is 1.27. The zero-order valence-corrected chi connectivity index (χ0v) is 41.8. The molecule has 346 valence electrons. The average molecular weight is 908 g/mol. The van der Waals surface area contributed by atoms with Gasteiger partial charge in [-0.05, 0) is 135 Å². The second-order valence-corrected chi connectivity index (χ2v) is 18.9. The zero-order chi connectivity index (χ0) is 48.3. The summed E-state index contributed by atoms with van der Waals surface area (Å²) in [4.78, 5) is 14.2. The highest BCUT2D eigenvalue weighted by atomic mass is 14.9. The van der Waals surface area contributed by atoms with E-state index in [9.17, 15) is 0 Å². The Morgan fingerprint density at radius 1 is 0.449 bits per heavy atom. The molecule has 9 aromatic rings. The SMILES string of the molecule is Cc1ccccc1-c1ccc(-c2cccc(C3CCCC3)n2)c[n+]1C.Cc1ccccc1-c1ccc(-c2cccc(CC(C)C)n2)c[n+]1C.Cc1ccccc1-c1ccc(-c2ccccn2)c[n+]1C. The molecule has 6 nitrogen and oxygen atoms in total. The number of aromatic nitrogens is 6. The molecule has 1 saturated carbocycles. The molecule has 3 aromatic carbocycles. The molecule has 6 heteroatoms. The van der Waals surface area contributed by atoms with E-state index in [0.29, 0.717) is 11.8 Å². The van der Waals surface area contributed by atoms with Crippen LogP contribution in [0.1, 0.15) is 73.5 Å². The van der Waals surface area contributed by atoms with Gasteiger partial charge in [-0.1, -0.05) is 99.5 Å². The van der Waals surface area contributed by atoms with Gasteiger partial charge in [0.25, 0.3) is 0 Å². The maximum atomic E-state index is 4.97. The van der Waals surface area contributed by atoms with E-state index in [1.807, 2.05) is 24.4 Å². The van der Waals surface area contributed by atoms with E-state index in [1.165, 1.54) is 87.4 Å². The van der Waals surface area contributed by atoms with Crippen LogP contribution < -0.4 is 13.7 Å². The predicted octanol–water partition coefficient (Wildman–Crippen LogP) is 13.5. The molecule has 0 unspecified atom stereocenters. The largest absolute Gasteiger partial charge is 0.256 e. The first-order chi connectivity index (χ1) is 33.5. The van der Waals surface area contributed by atoms with Gasteiger partial charge in [0.2, 0.25) is 17.1 Å². The van der Waals surface area contributed by atoms with Gasteiger partial charge in [-0.15, -0.1) is 0 Å². The van der Waals surface area contributed by atoms with Crippen LogP contribution in [0.15, 0.2) is 189 Å². The summed E-state index contributed by atoms with van der Waals surface area (Å²) >= 11 is 0. The highest BCUT2D eigenvalue weighted by Gasteiger charge is 2.20. The highest BCUT2D eigenvalue weighted by Crippen LogP contribution is 2.34. The van der Waals surface area contributed by atoms with Crippen molar-refractivity contribution in [2.24, 2.45) is 27.1 Å². The van der Waals surface area contributed by atoms with Gasteiger partial charge < -0.3 is 0 Å². The van der Waals surface area contributed by atoms with Crippen LogP contribution in [-0.2, 0) is 27.6 Å². The van der Waals surface area contributed by atoms with Gasteiger partial charge in [-0.3, -0.25) is 15.0 Å². The van der Waals surface area contributed by atoms with Crippen LogP contribution in [0.4, 0.5) is 0 Å². The fourth-order valence-electron chi connectivity index (χ4n) is 9.46. The molecular weight excluding hydrogens is 841 g/mol. The minimum absolute atomic E-state index is 0.618. The van der Waals surface area contributed by atoms with Crippen molar-refractivity contribution in [1.82, 2.24) is 15.0 Å². The van der Waals surface area contributed by atoms with Crippen molar-refractivity contribution in [3.05, 3.63) is 217 Å². The van der Waals surface area contributed by atoms with Crippen molar-refractivity contribution in [2.45, 2.75) is 72.6 Å². The summed E-state index contributed by atoms with van der Waals surface area (Å²) in [6.07, 6.45) is 14.6. The Bertz CT molecular complexity index is 3150. The molecule has 0 atom stereocenters. The van der Waals surface area contributed by atoms with Gasteiger partial charge in [0.05, 0.1) is 33.8 Å². The quantitative estimate of drug-likeness (QED) is 0.136. The summed E-state index contributed by atoms with van der Waals surface area (Å²) < 4.78 is 6.56. The van der Waals surface area contributed by atoms with Crippen molar-refractivity contribution < 1.29 is 13.7 Å². The van der Waals surface area contributed by atoms with Crippen LogP contribution in [0.2, 0.25) is 0 Å². The van der Waals surface area contributed by atoms with E-state index in [4.69, 9.17) is 9.97 Å². The fourth-order valence-corrected chi connectivity index (χ4v) is 9.46. The zero-order valence-electron chi connectivity index (χ0n) is 41.8. The molecule has 10 rings (SSSR count). The molecule has 0 bridgehead atoms. The van der Waals surface area contributed by atoms with Crippen LogP contribution in [-0.4, -0.2) is 15.0 Å². The molecule has 0 radical (unpaired) electrons. The van der Waals surface area contributed by atoms with Gasteiger partial charge in [-0.2, -0.15) is 0 Å². The van der Waals surface area contributed by atoms with E-state index in [1.54, 1.807) is 0 Å². The van der Waals surface area contributed by atoms with E-state index in [2.05, 4.69) is 239 Å². The Labute approximate surface area is 410 Å². The summed E-state index contributed by atoms with van der Waals surface area (Å²) in [7, 11) is 6.30. The molecule has 69 heavy (non-hydrogen) atoms. The van der Waals surface area contributed by atoms with E-state index in [0.717, 1.165) is 40.3 Å². The molecule has 1 aliphatic rings. The van der Waals surface area contributed by atoms with Crippen LogP contribution in [0.3, 0.4) is 0 Å². The third-order valence-electron chi connectivity index (χ3n) is 13.2. The van der Waals surface area contributed by atoms with Crippen LogP contribution in [0.25, 0.3) is 67.5 Å². The summed E-state index contributed by atoms with van der Waals surface area (Å²) in [5.41, 5.74) is 20.4. The lowest BCUT2D eigenvalue weighted by Crippen LogP contribution is -2.30. The number of nitrogens with zero attached hydrogens (tertiary/aromatic N) is 6. The highest BCUT2D eigenvalue weighted by molar-refractivity contribution is 5.67. The molecule has 0 saturated heterocycles.